The molecule has 35 heavy (non-hydrogen) atoms. The molecule has 1 atom stereocenters. The van der Waals surface area contributed by atoms with Gasteiger partial charge in [-0.05, 0) is 75.8 Å². The third kappa shape index (κ3) is 6.58. The van der Waals surface area contributed by atoms with Gasteiger partial charge in [0.25, 0.3) is 0 Å². The van der Waals surface area contributed by atoms with E-state index in [1.807, 2.05) is 14.0 Å². The fraction of sp³-hybridized carbons (Fsp3) is 0.435. The number of aryl methyl sites for hydroxylation is 1. The number of anilines is 1. The molecule has 0 aliphatic carbocycles. The molecule has 12 heteroatoms. The topological polar surface area (TPSA) is 125 Å². The van der Waals surface area contributed by atoms with E-state index < -0.39 is 32.0 Å². The first-order valence-corrected chi connectivity index (χ1v) is 14.2. The summed E-state index contributed by atoms with van der Waals surface area (Å²) in [5.41, 5.74) is 1.02. The fourth-order valence-corrected chi connectivity index (χ4v) is 6.31. The second-order valence-corrected chi connectivity index (χ2v) is 12.1. The number of hydrogen-bond donors (Lipinski definition) is 2. The predicted molar refractivity (Wildman–Crippen MR) is 133 cm³/mol. The lowest BCUT2D eigenvalue weighted by Crippen LogP contribution is -2.47. The molecule has 1 saturated heterocycles. The van der Waals surface area contributed by atoms with E-state index in [0.717, 1.165) is 0 Å². The molecule has 0 aromatic heterocycles. The highest BCUT2D eigenvalue weighted by Gasteiger charge is 2.27. The van der Waals surface area contributed by atoms with Crippen molar-refractivity contribution in [3.63, 3.8) is 0 Å². The minimum absolute atomic E-state index is 0.0246. The monoisotopic (exact) mass is 524 g/mol. The summed E-state index contributed by atoms with van der Waals surface area (Å²) in [5.74, 6) is 0.0150. The van der Waals surface area contributed by atoms with Gasteiger partial charge in [0.1, 0.15) is 5.75 Å². The Bertz CT molecular complexity index is 1260. The number of rotatable bonds is 9. The Balaban J connectivity index is 1.63. The smallest absolute Gasteiger partial charge is 0.243 e. The van der Waals surface area contributed by atoms with E-state index in [4.69, 9.17) is 4.74 Å². The van der Waals surface area contributed by atoms with Crippen LogP contribution in [0, 0.1) is 6.92 Å². The van der Waals surface area contributed by atoms with E-state index in [-0.39, 0.29) is 9.79 Å². The van der Waals surface area contributed by atoms with Gasteiger partial charge in [-0.1, -0.05) is 0 Å². The molecule has 1 amide bonds. The number of hydrogen-bond acceptors (Lipinski definition) is 7. The second-order valence-electron chi connectivity index (χ2n) is 8.42. The number of ether oxygens (including phenoxy) is 1. The van der Waals surface area contributed by atoms with Crippen LogP contribution in [0.5, 0.6) is 5.75 Å². The quantitative estimate of drug-likeness (QED) is 0.511. The minimum atomic E-state index is -3.95. The van der Waals surface area contributed by atoms with Crippen LogP contribution in [0.25, 0.3) is 0 Å². The Hall–Kier alpha value is -2.51. The first-order valence-electron chi connectivity index (χ1n) is 11.3. The molecule has 1 heterocycles. The molecule has 1 aliphatic heterocycles. The predicted octanol–water partition coefficient (Wildman–Crippen LogP) is 1.64. The van der Waals surface area contributed by atoms with Gasteiger partial charge in [-0.15, -0.1) is 0 Å². The maximum atomic E-state index is 12.8. The molecule has 2 aromatic rings. The van der Waals surface area contributed by atoms with Crippen LogP contribution in [0.1, 0.15) is 19.4 Å². The summed E-state index contributed by atoms with van der Waals surface area (Å²) in [6.45, 7) is 7.64. The Labute approximate surface area is 207 Å². The third-order valence-corrected chi connectivity index (χ3v) is 9.15. The molecule has 0 bridgehead atoms. The van der Waals surface area contributed by atoms with Crippen molar-refractivity contribution in [3.8, 4) is 5.75 Å². The summed E-state index contributed by atoms with van der Waals surface area (Å²) in [4.78, 5) is 14.8. The van der Waals surface area contributed by atoms with Crippen molar-refractivity contribution in [2.24, 2.45) is 0 Å². The van der Waals surface area contributed by atoms with Gasteiger partial charge in [-0.3, -0.25) is 4.79 Å². The molecule has 0 saturated carbocycles. The van der Waals surface area contributed by atoms with E-state index in [9.17, 15) is 21.6 Å². The summed E-state index contributed by atoms with van der Waals surface area (Å²) in [6.07, 6.45) is 0. The number of piperazine rings is 1. The van der Waals surface area contributed by atoms with Crippen molar-refractivity contribution < 1.29 is 26.4 Å². The molecular weight excluding hydrogens is 492 g/mol. The highest BCUT2D eigenvalue weighted by molar-refractivity contribution is 7.89. The van der Waals surface area contributed by atoms with Gasteiger partial charge in [-0.2, -0.15) is 9.03 Å². The SMILES string of the molecule is CCOc1ccc(S(=O)(=O)N[C@H](C)C(=O)Nc2ccc(S(=O)(=O)N3CCN(C)CC3)cc2)cc1C. The van der Waals surface area contributed by atoms with Crippen molar-refractivity contribution in [3.05, 3.63) is 48.0 Å². The van der Waals surface area contributed by atoms with Crippen LogP contribution in [0.2, 0.25) is 0 Å². The van der Waals surface area contributed by atoms with Crippen molar-refractivity contribution in [1.82, 2.24) is 13.9 Å². The summed E-state index contributed by atoms with van der Waals surface area (Å²) >= 11 is 0. The average Bonchev–Trinajstić information content (AvgIpc) is 2.80. The first kappa shape index (κ1) is 27.1. The van der Waals surface area contributed by atoms with Crippen LogP contribution in [0.15, 0.2) is 52.3 Å². The molecule has 3 rings (SSSR count). The van der Waals surface area contributed by atoms with Crippen LogP contribution in [0.4, 0.5) is 5.69 Å². The molecule has 0 radical (unpaired) electrons. The lowest BCUT2D eigenvalue weighted by molar-refractivity contribution is -0.117. The Morgan fingerprint density at radius 3 is 2.17 bits per heavy atom. The molecule has 1 aliphatic rings. The molecule has 10 nitrogen and oxygen atoms in total. The van der Waals surface area contributed by atoms with E-state index in [2.05, 4.69) is 14.9 Å². The van der Waals surface area contributed by atoms with Crippen molar-refractivity contribution in [2.75, 3.05) is 45.2 Å². The Morgan fingerprint density at radius 1 is 1.00 bits per heavy atom. The molecule has 1 fully saturated rings. The summed E-state index contributed by atoms with van der Waals surface area (Å²) in [7, 11) is -5.62. The van der Waals surface area contributed by atoms with Crippen LogP contribution < -0.4 is 14.8 Å². The van der Waals surface area contributed by atoms with E-state index in [0.29, 0.717) is 49.8 Å². The molecule has 2 aromatic carbocycles. The molecule has 2 N–H and O–H groups in total. The molecule has 0 spiro atoms. The van der Waals surface area contributed by atoms with Crippen molar-refractivity contribution >= 4 is 31.6 Å². The van der Waals surface area contributed by atoms with Crippen LogP contribution in [-0.2, 0) is 24.8 Å². The number of benzene rings is 2. The number of nitrogens with zero attached hydrogens (tertiary/aromatic N) is 2. The number of likely N-dealkylation sites (N-methyl/N-ethyl adjacent to an activating group) is 1. The Morgan fingerprint density at radius 2 is 1.60 bits per heavy atom. The van der Waals surface area contributed by atoms with Gasteiger partial charge >= 0.3 is 0 Å². The minimum Gasteiger partial charge on any atom is -0.494 e. The average molecular weight is 525 g/mol. The second kappa shape index (κ2) is 11.0. The van der Waals surface area contributed by atoms with Gasteiger partial charge in [-0.25, -0.2) is 16.8 Å². The summed E-state index contributed by atoms with van der Waals surface area (Å²) in [5, 5.41) is 2.62. The van der Waals surface area contributed by atoms with Crippen molar-refractivity contribution in [1.29, 1.82) is 0 Å². The number of nitrogens with one attached hydrogen (secondary N) is 2. The maximum Gasteiger partial charge on any atom is 0.243 e. The zero-order valence-electron chi connectivity index (χ0n) is 20.3. The standard InChI is InChI=1S/C23H32N4O6S2/c1-5-33-22-11-10-21(16-17(22)2)34(29,30)25-18(3)23(28)24-19-6-8-20(9-7-19)35(31,32)27-14-12-26(4)13-15-27/h6-11,16,18,25H,5,12-15H2,1-4H3,(H,24,28)/t18-/m1/s1. The molecular formula is C23H32N4O6S2. The zero-order valence-corrected chi connectivity index (χ0v) is 21.9. The van der Waals surface area contributed by atoms with Crippen molar-refractivity contribution in [2.45, 2.75) is 36.6 Å². The number of sulfonamides is 2. The highest BCUT2D eigenvalue weighted by atomic mass is 32.2. The number of carbonyl (C=O) groups excluding carboxylic acids is 1. The fourth-order valence-electron chi connectivity index (χ4n) is 3.60. The lowest BCUT2D eigenvalue weighted by atomic mass is 10.2. The zero-order chi connectivity index (χ0) is 25.8. The normalized spacial score (nSPS) is 16.6. The number of carbonyl (C=O) groups is 1. The number of amides is 1. The van der Waals surface area contributed by atoms with Crippen LogP contribution in [0.3, 0.4) is 0 Å². The lowest BCUT2D eigenvalue weighted by Gasteiger charge is -2.31. The van der Waals surface area contributed by atoms with Gasteiger partial charge in [0.15, 0.2) is 0 Å². The van der Waals surface area contributed by atoms with Gasteiger partial charge in [0, 0.05) is 31.9 Å². The third-order valence-electron chi connectivity index (χ3n) is 5.70. The van der Waals surface area contributed by atoms with E-state index in [1.165, 1.54) is 47.6 Å². The molecule has 0 unspecified atom stereocenters. The van der Waals surface area contributed by atoms with Gasteiger partial charge in [0.05, 0.1) is 22.4 Å². The largest absolute Gasteiger partial charge is 0.494 e. The van der Waals surface area contributed by atoms with E-state index in [1.54, 1.807) is 13.0 Å². The van der Waals surface area contributed by atoms with E-state index >= 15 is 0 Å². The summed E-state index contributed by atoms with van der Waals surface area (Å²) < 4.78 is 60.4. The first-order chi connectivity index (χ1) is 16.4. The Kier molecular flexibility index (Phi) is 8.54. The van der Waals surface area contributed by atoms with Gasteiger partial charge < -0.3 is 15.0 Å². The maximum absolute atomic E-state index is 12.8. The van der Waals surface area contributed by atoms with Crippen LogP contribution >= 0.6 is 0 Å². The summed E-state index contributed by atoms with van der Waals surface area (Å²) in [6, 6.07) is 9.25. The van der Waals surface area contributed by atoms with Gasteiger partial charge in [0.2, 0.25) is 26.0 Å². The van der Waals surface area contributed by atoms with Crippen LogP contribution in [-0.4, -0.2) is 77.8 Å². The highest BCUT2D eigenvalue weighted by Crippen LogP contribution is 2.22. The molecule has 192 valence electrons.